The van der Waals surface area contributed by atoms with Crippen molar-refractivity contribution in [3.8, 4) is 5.75 Å². The van der Waals surface area contributed by atoms with Gasteiger partial charge >= 0.3 is 11.9 Å². The van der Waals surface area contributed by atoms with Crippen LogP contribution in [0, 0.1) is 23.7 Å². The van der Waals surface area contributed by atoms with Gasteiger partial charge in [-0.3, -0.25) is 14.4 Å². The van der Waals surface area contributed by atoms with E-state index < -0.39 is 38.0 Å². The Morgan fingerprint density at radius 2 is 1.58 bits per heavy atom. The number of benzene rings is 1. The number of anilines is 1. The van der Waals surface area contributed by atoms with Crippen LogP contribution in [0.3, 0.4) is 0 Å². The second-order valence-electron chi connectivity index (χ2n) is 11.1. The van der Waals surface area contributed by atoms with Crippen molar-refractivity contribution in [2.45, 2.75) is 58.3 Å². The van der Waals surface area contributed by atoms with Crippen LogP contribution in [0.2, 0.25) is 18.1 Å². The standard InChI is InChI=1S/C27H39NO7Si/c1-16-23(28(24(16)29)17-10-12-18(32-5)13-11-17)20-14-19(35-36(8,9)27(2,3)4)15-21(25(30)33-6)22(20)26(31)34-7/h10-14,16,20-23H,15H2,1-9H3/t16-,20+,21+,22+,23-/m0/s1. The molecule has 36 heavy (non-hydrogen) atoms. The number of methoxy groups -OCH3 is 3. The predicted octanol–water partition coefficient (Wildman–Crippen LogP) is 4.55. The third-order valence-corrected chi connectivity index (χ3v) is 12.4. The molecule has 8 nitrogen and oxygen atoms in total. The number of rotatable bonds is 7. The summed E-state index contributed by atoms with van der Waals surface area (Å²) in [5.41, 5.74) is 0.702. The molecule has 0 radical (unpaired) electrons. The lowest BCUT2D eigenvalue weighted by atomic mass is 9.66. The highest BCUT2D eigenvalue weighted by atomic mass is 28.4. The van der Waals surface area contributed by atoms with Gasteiger partial charge in [-0.05, 0) is 48.5 Å². The van der Waals surface area contributed by atoms with Crippen LogP contribution in [-0.4, -0.2) is 53.5 Å². The van der Waals surface area contributed by atoms with Gasteiger partial charge < -0.3 is 23.5 Å². The molecule has 1 aromatic carbocycles. The van der Waals surface area contributed by atoms with E-state index in [0.29, 0.717) is 17.2 Å². The Kier molecular flexibility index (Phi) is 7.93. The quantitative estimate of drug-likeness (QED) is 0.298. The minimum atomic E-state index is -2.23. The second kappa shape index (κ2) is 10.3. The third-order valence-electron chi connectivity index (χ3n) is 8.00. The maximum absolute atomic E-state index is 13.1. The summed E-state index contributed by atoms with van der Waals surface area (Å²) >= 11 is 0. The molecular weight excluding hydrogens is 478 g/mol. The summed E-state index contributed by atoms with van der Waals surface area (Å²) < 4.78 is 22.2. The van der Waals surface area contributed by atoms with E-state index in [2.05, 4.69) is 33.9 Å². The van der Waals surface area contributed by atoms with E-state index in [4.69, 9.17) is 18.6 Å². The maximum atomic E-state index is 13.1. The van der Waals surface area contributed by atoms with Gasteiger partial charge in [0, 0.05) is 18.0 Å². The second-order valence-corrected chi connectivity index (χ2v) is 15.9. The van der Waals surface area contributed by atoms with Crippen LogP contribution in [0.5, 0.6) is 5.75 Å². The monoisotopic (exact) mass is 517 g/mol. The van der Waals surface area contributed by atoms with Crippen molar-refractivity contribution >= 4 is 31.9 Å². The molecule has 198 valence electrons. The lowest BCUT2D eigenvalue weighted by molar-refractivity contribution is -0.161. The summed E-state index contributed by atoms with van der Waals surface area (Å²) in [6, 6.07) is 6.86. The highest BCUT2D eigenvalue weighted by molar-refractivity contribution is 6.74. The van der Waals surface area contributed by atoms with Crippen LogP contribution in [0.4, 0.5) is 5.69 Å². The number of esters is 2. The molecule has 3 rings (SSSR count). The third kappa shape index (κ3) is 5.03. The number of carbonyl (C=O) groups excluding carboxylic acids is 3. The molecule has 0 N–H and O–H groups in total. The lowest BCUT2D eigenvalue weighted by Crippen LogP contribution is -2.65. The molecule has 1 heterocycles. The molecule has 1 saturated heterocycles. The van der Waals surface area contributed by atoms with E-state index >= 15 is 0 Å². The molecular formula is C27H39NO7Si. The number of hydrogen-bond donors (Lipinski definition) is 0. The van der Waals surface area contributed by atoms with E-state index in [1.165, 1.54) is 14.2 Å². The van der Waals surface area contributed by atoms with E-state index in [9.17, 15) is 14.4 Å². The topological polar surface area (TPSA) is 91.4 Å². The van der Waals surface area contributed by atoms with Gasteiger partial charge in [0.05, 0.1) is 50.9 Å². The van der Waals surface area contributed by atoms with Crippen molar-refractivity contribution in [2.24, 2.45) is 23.7 Å². The normalized spacial score (nSPS) is 26.5. The summed E-state index contributed by atoms with van der Waals surface area (Å²) in [6.45, 7) is 12.6. The molecule has 1 amide bonds. The van der Waals surface area contributed by atoms with E-state index in [0.717, 1.165) is 0 Å². The van der Waals surface area contributed by atoms with Gasteiger partial charge in [-0.15, -0.1) is 0 Å². The first-order chi connectivity index (χ1) is 16.8. The Balaban J connectivity index is 2.10. The van der Waals surface area contributed by atoms with Crippen LogP contribution < -0.4 is 9.64 Å². The van der Waals surface area contributed by atoms with Crippen LogP contribution in [-0.2, 0) is 28.3 Å². The minimum Gasteiger partial charge on any atom is -0.547 e. The zero-order valence-electron chi connectivity index (χ0n) is 22.8. The Hall–Kier alpha value is -2.81. The summed E-state index contributed by atoms with van der Waals surface area (Å²) in [5.74, 6) is -2.13. The average molecular weight is 518 g/mol. The zero-order chi connectivity index (χ0) is 27.0. The Labute approximate surface area is 215 Å². The molecule has 2 aliphatic rings. The molecule has 1 aromatic rings. The fourth-order valence-electron chi connectivity index (χ4n) is 4.91. The van der Waals surface area contributed by atoms with Gasteiger partial charge in [0.1, 0.15) is 5.75 Å². The fraction of sp³-hybridized carbons (Fsp3) is 0.593. The molecule has 1 aliphatic carbocycles. The Morgan fingerprint density at radius 1 is 1.00 bits per heavy atom. The van der Waals surface area contributed by atoms with Crippen LogP contribution >= 0.6 is 0 Å². The molecule has 0 bridgehead atoms. The smallest absolute Gasteiger partial charge is 0.310 e. The van der Waals surface area contributed by atoms with Crippen LogP contribution in [0.25, 0.3) is 0 Å². The van der Waals surface area contributed by atoms with E-state index in [-0.39, 0.29) is 29.3 Å². The van der Waals surface area contributed by atoms with Crippen molar-refractivity contribution < 1.29 is 33.0 Å². The molecule has 0 aromatic heterocycles. The largest absolute Gasteiger partial charge is 0.547 e. The van der Waals surface area contributed by atoms with Crippen LogP contribution in [0.1, 0.15) is 34.1 Å². The molecule has 9 heteroatoms. The van der Waals surface area contributed by atoms with Gasteiger partial charge in [0.15, 0.2) is 0 Å². The molecule has 0 unspecified atom stereocenters. The first-order valence-electron chi connectivity index (χ1n) is 12.3. The first-order valence-corrected chi connectivity index (χ1v) is 15.2. The number of ether oxygens (including phenoxy) is 3. The summed E-state index contributed by atoms with van der Waals surface area (Å²) in [7, 11) is 1.98. The molecule has 0 spiro atoms. The number of hydrogen-bond acceptors (Lipinski definition) is 7. The first kappa shape index (κ1) is 27.8. The zero-order valence-corrected chi connectivity index (χ0v) is 23.8. The van der Waals surface area contributed by atoms with Crippen molar-refractivity contribution in [1.82, 2.24) is 0 Å². The SMILES string of the molecule is COC(=O)[C@@H]1[C@H]([C@@H]2[C@H](C)C(=O)N2c2ccc(OC)cc2)C=C(O[Si](C)(C)C(C)(C)C)C[C@H]1C(=O)OC. The van der Waals surface area contributed by atoms with Crippen molar-refractivity contribution in [2.75, 3.05) is 26.2 Å². The number of carbonyl (C=O) groups is 3. The van der Waals surface area contributed by atoms with Crippen molar-refractivity contribution in [1.29, 1.82) is 0 Å². The lowest BCUT2D eigenvalue weighted by Gasteiger charge is -2.52. The van der Waals surface area contributed by atoms with E-state index in [1.54, 1.807) is 24.1 Å². The van der Waals surface area contributed by atoms with Crippen LogP contribution in [0.15, 0.2) is 36.1 Å². The summed E-state index contributed by atoms with van der Waals surface area (Å²) in [6.07, 6.45) is 2.19. The number of β-lactam (4-membered cyclic amide) rings is 1. The maximum Gasteiger partial charge on any atom is 0.310 e. The van der Waals surface area contributed by atoms with Gasteiger partial charge in [-0.2, -0.15) is 0 Å². The van der Waals surface area contributed by atoms with Gasteiger partial charge in [0.2, 0.25) is 14.2 Å². The predicted molar refractivity (Wildman–Crippen MR) is 139 cm³/mol. The average Bonchev–Trinajstić information content (AvgIpc) is 2.84. The molecule has 5 atom stereocenters. The van der Waals surface area contributed by atoms with Gasteiger partial charge in [-0.1, -0.05) is 27.7 Å². The Morgan fingerprint density at radius 3 is 2.08 bits per heavy atom. The number of nitrogens with zero attached hydrogens (tertiary/aromatic N) is 1. The molecule has 0 saturated carbocycles. The molecule has 1 aliphatic heterocycles. The fourth-order valence-corrected chi connectivity index (χ4v) is 6.02. The van der Waals surface area contributed by atoms with E-state index in [1.807, 2.05) is 25.1 Å². The summed E-state index contributed by atoms with van der Waals surface area (Å²) in [5, 5.41) is -0.0574. The number of allylic oxidation sites excluding steroid dienone is 1. The minimum absolute atomic E-state index is 0.0470. The molecule has 1 fully saturated rings. The highest BCUT2D eigenvalue weighted by Gasteiger charge is 2.56. The van der Waals surface area contributed by atoms with Gasteiger partial charge in [0.25, 0.3) is 0 Å². The Bertz CT molecular complexity index is 1030. The van der Waals surface area contributed by atoms with Crippen molar-refractivity contribution in [3.05, 3.63) is 36.1 Å². The van der Waals surface area contributed by atoms with Gasteiger partial charge in [-0.25, -0.2) is 0 Å². The highest BCUT2D eigenvalue weighted by Crippen LogP contribution is 2.48. The number of amides is 1. The van der Waals surface area contributed by atoms with Crippen molar-refractivity contribution in [3.63, 3.8) is 0 Å². The summed E-state index contributed by atoms with van der Waals surface area (Å²) in [4.78, 5) is 40.8.